The lowest BCUT2D eigenvalue weighted by Gasteiger charge is -1.88. The molecule has 0 saturated carbocycles. The molecular weight excluding hydrogens is 286 g/mol. The van der Waals surface area contributed by atoms with E-state index in [2.05, 4.69) is 9.97 Å². The lowest BCUT2D eigenvalue weighted by Crippen LogP contribution is -2.01. The van der Waals surface area contributed by atoms with Gasteiger partial charge < -0.3 is 5.73 Å². The van der Waals surface area contributed by atoms with Gasteiger partial charge in [0.2, 0.25) is 0 Å². The molecular formula is C12H10ClN3S2. The van der Waals surface area contributed by atoms with E-state index < -0.39 is 0 Å². The monoisotopic (exact) mass is 295 g/mol. The van der Waals surface area contributed by atoms with Crippen LogP contribution in [0.1, 0.15) is 5.01 Å². The highest BCUT2D eigenvalue weighted by Gasteiger charge is 2.10. The maximum atomic E-state index is 5.96. The van der Waals surface area contributed by atoms with Crippen molar-refractivity contribution >= 4 is 44.5 Å². The summed E-state index contributed by atoms with van der Waals surface area (Å²) in [6.45, 7) is 0.627. The third-order valence-electron chi connectivity index (χ3n) is 2.48. The topological polar surface area (TPSA) is 51.8 Å². The fourth-order valence-corrected chi connectivity index (χ4v) is 3.60. The molecule has 0 atom stereocenters. The summed E-state index contributed by atoms with van der Waals surface area (Å²) in [5.41, 5.74) is 7.38. The molecule has 2 heterocycles. The van der Waals surface area contributed by atoms with Crippen molar-refractivity contribution in [3.8, 4) is 10.7 Å². The second kappa shape index (κ2) is 4.93. The van der Waals surface area contributed by atoms with E-state index in [0.717, 1.165) is 32.3 Å². The van der Waals surface area contributed by atoms with Gasteiger partial charge in [0, 0.05) is 16.8 Å². The first kappa shape index (κ1) is 12.0. The summed E-state index contributed by atoms with van der Waals surface area (Å²) in [5.74, 6) is 0. The highest BCUT2D eigenvalue weighted by atomic mass is 35.5. The first-order valence-electron chi connectivity index (χ1n) is 5.47. The van der Waals surface area contributed by atoms with Crippen molar-refractivity contribution in [3.63, 3.8) is 0 Å². The zero-order valence-corrected chi connectivity index (χ0v) is 11.8. The largest absolute Gasteiger partial charge is 0.330 e. The van der Waals surface area contributed by atoms with E-state index in [4.69, 9.17) is 17.3 Å². The standard InChI is InChI=1S/C12H10ClN3S2/c13-7-1-2-10-8(5-7)16-12(18-10)9-6-17-11(15-9)3-4-14/h1-2,5-6H,3-4,14H2. The van der Waals surface area contributed by atoms with Gasteiger partial charge in [0.05, 0.1) is 15.2 Å². The number of rotatable bonds is 3. The zero-order chi connectivity index (χ0) is 12.5. The van der Waals surface area contributed by atoms with E-state index in [-0.39, 0.29) is 0 Å². The van der Waals surface area contributed by atoms with Crippen LogP contribution < -0.4 is 5.73 Å². The predicted octanol–water partition coefficient (Wildman–Crippen LogP) is 3.57. The van der Waals surface area contributed by atoms with Crippen LogP contribution in [0.5, 0.6) is 0 Å². The third kappa shape index (κ3) is 2.27. The Hall–Kier alpha value is -1.01. The van der Waals surface area contributed by atoms with Crippen LogP contribution in [0.3, 0.4) is 0 Å². The number of thiazole rings is 2. The Labute approximate surface area is 117 Å². The van der Waals surface area contributed by atoms with Crippen molar-refractivity contribution in [1.29, 1.82) is 0 Å². The number of hydrogen-bond donors (Lipinski definition) is 1. The summed E-state index contributed by atoms with van der Waals surface area (Å²) in [6.07, 6.45) is 0.821. The summed E-state index contributed by atoms with van der Waals surface area (Å²) in [4.78, 5) is 9.11. The van der Waals surface area contributed by atoms with Crippen LogP contribution >= 0.6 is 34.3 Å². The molecule has 0 radical (unpaired) electrons. The van der Waals surface area contributed by atoms with Gasteiger partial charge in [-0.2, -0.15) is 0 Å². The number of fused-ring (bicyclic) bond motifs is 1. The number of nitrogens with zero attached hydrogens (tertiary/aromatic N) is 2. The number of aromatic nitrogens is 2. The first-order valence-corrected chi connectivity index (χ1v) is 7.54. The molecule has 0 bridgehead atoms. The van der Waals surface area contributed by atoms with Crippen LogP contribution in [0.4, 0.5) is 0 Å². The Morgan fingerprint density at radius 2 is 2.17 bits per heavy atom. The fourth-order valence-electron chi connectivity index (χ4n) is 1.66. The average Bonchev–Trinajstić information content (AvgIpc) is 2.94. The van der Waals surface area contributed by atoms with Crippen LogP contribution in [0.25, 0.3) is 20.9 Å². The maximum Gasteiger partial charge on any atom is 0.143 e. The summed E-state index contributed by atoms with van der Waals surface area (Å²) in [7, 11) is 0. The van der Waals surface area contributed by atoms with E-state index in [1.165, 1.54) is 0 Å². The zero-order valence-electron chi connectivity index (χ0n) is 9.39. The molecule has 0 saturated heterocycles. The summed E-state index contributed by atoms with van der Waals surface area (Å²) >= 11 is 9.22. The Morgan fingerprint density at radius 1 is 1.28 bits per heavy atom. The van der Waals surface area contributed by atoms with Gasteiger partial charge in [0.1, 0.15) is 10.7 Å². The van der Waals surface area contributed by atoms with Gasteiger partial charge >= 0.3 is 0 Å². The smallest absolute Gasteiger partial charge is 0.143 e. The molecule has 6 heteroatoms. The van der Waals surface area contributed by atoms with Crippen molar-refractivity contribution in [3.05, 3.63) is 33.6 Å². The van der Waals surface area contributed by atoms with E-state index >= 15 is 0 Å². The number of hydrogen-bond acceptors (Lipinski definition) is 5. The SMILES string of the molecule is NCCc1nc(-c2nc3cc(Cl)ccc3s2)cs1. The third-order valence-corrected chi connectivity index (χ3v) is 4.68. The fraction of sp³-hybridized carbons (Fsp3) is 0.167. The van der Waals surface area contributed by atoms with Crippen LogP contribution in [-0.2, 0) is 6.42 Å². The number of halogens is 1. The molecule has 3 nitrogen and oxygen atoms in total. The van der Waals surface area contributed by atoms with Crippen LogP contribution in [-0.4, -0.2) is 16.5 Å². The van der Waals surface area contributed by atoms with Crippen molar-refractivity contribution in [2.24, 2.45) is 5.73 Å². The molecule has 92 valence electrons. The van der Waals surface area contributed by atoms with Crippen LogP contribution in [0, 0.1) is 0 Å². The van der Waals surface area contributed by atoms with Crippen LogP contribution in [0.15, 0.2) is 23.6 Å². The molecule has 18 heavy (non-hydrogen) atoms. The molecule has 3 aromatic rings. The van der Waals surface area contributed by atoms with Crippen molar-refractivity contribution in [2.75, 3.05) is 6.54 Å². The number of benzene rings is 1. The van der Waals surface area contributed by atoms with Gasteiger partial charge in [-0.25, -0.2) is 9.97 Å². The average molecular weight is 296 g/mol. The lowest BCUT2D eigenvalue weighted by atomic mass is 10.3. The van der Waals surface area contributed by atoms with Crippen LogP contribution in [0.2, 0.25) is 5.02 Å². The Balaban J connectivity index is 2.02. The Bertz CT molecular complexity index is 690. The predicted molar refractivity (Wildman–Crippen MR) is 78.5 cm³/mol. The molecule has 0 fully saturated rings. The van der Waals surface area contributed by atoms with Gasteiger partial charge in [0.15, 0.2) is 0 Å². The normalized spacial score (nSPS) is 11.2. The van der Waals surface area contributed by atoms with Gasteiger partial charge in [-0.1, -0.05) is 11.6 Å². The van der Waals surface area contributed by atoms with E-state index in [9.17, 15) is 0 Å². The highest BCUT2D eigenvalue weighted by Crippen LogP contribution is 2.32. The van der Waals surface area contributed by atoms with E-state index in [1.807, 2.05) is 23.6 Å². The molecule has 0 aliphatic heterocycles. The second-order valence-electron chi connectivity index (χ2n) is 3.80. The van der Waals surface area contributed by atoms with Gasteiger partial charge in [-0.05, 0) is 24.7 Å². The molecule has 2 aromatic heterocycles. The molecule has 0 aliphatic rings. The molecule has 2 N–H and O–H groups in total. The van der Waals surface area contributed by atoms with E-state index in [1.54, 1.807) is 22.7 Å². The van der Waals surface area contributed by atoms with Gasteiger partial charge in [-0.3, -0.25) is 0 Å². The van der Waals surface area contributed by atoms with Gasteiger partial charge in [-0.15, -0.1) is 22.7 Å². The summed E-state index contributed by atoms with van der Waals surface area (Å²) < 4.78 is 1.13. The van der Waals surface area contributed by atoms with Gasteiger partial charge in [0.25, 0.3) is 0 Å². The number of nitrogens with two attached hydrogens (primary N) is 1. The molecule has 0 spiro atoms. The first-order chi connectivity index (χ1) is 8.76. The maximum absolute atomic E-state index is 5.96. The van der Waals surface area contributed by atoms with E-state index in [0.29, 0.717) is 11.6 Å². The quantitative estimate of drug-likeness (QED) is 0.803. The Morgan fingerprint density at radius 3 is 3.00 bits per heavy atom. The van der Waals surface area contributed by atoms with Crippen molar-refractivity contribution in [1.82, 2.24) is 9.97 Å². The second-order valence-corrected chi connectivity index (χ2v) is 6.21. The molecule has 0 unspecified atom stereocenters. The summed E-state index contributed by atoms with van der Waals surface area (Å²) in [5, 5.41) is 4.74. The Kier molecular flexibility index (Phi) is 3.30. The highest BCUT2D eigenvalue weighted by molar-refractivity contribution is 7.22. The molecule has 0 aliphatic carbocycles. The molecule has 0 amide bonds. The lowest BCUT2D eigenvalue weighted by molar-refractivity contribution is 0.954. The van der Waals surface area contributed by atoms with Crippen molar-refractivity contribution < 1.29 is 0 Å². The minimum Gasteiger partial charge on any atom is -0.330 e. The van der Waals surface area contributed by atoms with Crippen molar-refractivity contribution in [2.45, 2.75) is 6.42 Å². The minimum atomic E-state index is 0.627. The minimum absolute atomic E-state index is 0.627. The molecule has 3 rings (SSSR count). The summed E-state index contributed by atoms with van der Waals surface area (Å²) in [6, 6.07) is 5.75. The molecule has 1 aromatic carbocycles.